The zero-order valence-corrected chi connectivity index (χ0v) is 14.1. The highest BCUT2D eigenvalue weighted by atomic mass is 16.4. The second kappa shape index (κ2) is 7.62. The SMILES string of the molecule is CC(C)CC1(CNC(=O)CCc2ccccc2C(=O)O)CCC1. The van der Waals surface area contributed by atoms with Gasteiger partial charge in [-0.25, -0.2) is 4.79 Å². The fourth-order valence-electron chi connectivity index (χ4n) is 3.57. The molecule has 0 aromatic heterocycles. The number of aromatic carboxylic acids is 1. The average Bonchev–Trinajstić information content (AvgIpc) is 2.47. The molecule has 23 heavy (non-hydrogen) atoms. The van der Waals surface area contributed by atoms with Crippen LogP contribution < -0.4 is 5.32 Å². The van der Waals surface area contributed by atoms with Gasteiger partial charge in [0.15, 0.2) is 0 Å². The second-order valence-electron chi connectivity index (χ2n) is 7.19. The molecule has 1 aromatic rings. The van der Waals surface area contributed by atoms with E-state index in [1.54, 1.807) is 18.2 Å². The van der Waals surface area contributed by atoms with E-state index < -0.39 is 5.97 Å². The van der Waals surface area contributed by atoms with Gasteiger partial charge in [0, 0.05) is 13.0 Å². The molecule has 1 aliphatic rings. The normalized spacial score (nSPS) is 16.0. The van der Waals surface area contributed by atoms with Gasteiger partial charge in [0.25, 0.3) is 0 Å². The number of benzene rings is 1. The van der Waals surface area contributed by atoms with E-state index in [0.29, 0.717) is 24.2 Å². The minimum absolute atomic E-state index is 0.0141. The highest BCUT2D eigenvalue weighted by Gasteiger charge is 2.37. The Kier molecular flexibility index (Phi) is 5.80. The first-order valence-corrected chi connectivity index (χ1v) is 8.50. The Balaban J connectivity index is 1.83. The van der Waals surface area contributed by atoms with Crippen molar-refractivity contribution in [1.82, 2.24) is 5.32 Å². The molecular formula is C19H27NO3. The lowest BCUT2D eigenvalue weighted by Gasteiger charge is -2.43. The first kappa shape index (κ1) is 17.5. The van der Waals surface area contributed by atoms with E-state index in [9.17, 15) is 9.59 Å². The van der Waals surface area contributed by atoms with Crippen LogP contribution in [0.2, 0.25) is 0 Å². The summed E-state index contributed by atoms with van der Waals surface area (Å²) in [6, 6.07) is 6.88. The van der Waals surface area contributed by atoms with Gasteiger partial charge in [0.1, 0.15) is 0 Å². The number of carbonyl (C=O) groups excluding carboxylic acids is 1. The van der Waals surface area contributed by atoms with Gasteiger partial charge >= 0.3 is 5.97 Å². The van der Waals surface area contributed by atoms with Gasteiger partial charge in [-0.1, -0.05) is 38.5 Å². The molecule has 4 heteroatoms. The lowest BCUT2D eigenvalue weighted by Crippen LogP contribution is -2.43. The second-order valence-corrected chi connectivity index (χ2v) is 7.19. The van der Waals surface area contributed by atoms with E-state index in [2.05, 4.69) is 19.2 Å². The fourth-order valence-corrected chi connectivity index (χ4v) is 3.57. The number of rotatable bonds is 8. The predicted octanol–water partition coefficient (Wildman–Crippen LogP) is 3.65. The quantitative estimate of drug-likeness (QED) is 0.769. The molecule has 126 valence electrons. The van der Waals surface area contributed by atoms with Crippen LogP contribution >= 0.6 is 0 Å². The zero-order valence-electron chi connectivity index (χ0n) is 14.1. The monoisotopic (exact) mass is 317 g/mol. The maximum Gasteiger partial charge on any atom is 0.335 e. The smallest absolute Gasteiger partial charge is 0.335 e. The number of carboxylic acid groups (broad SMARTS) is 1. The fraction of sp³-hybridized carbons (Fsp3) is 0.579. The molecule has 1 fully saturated rings. The Labute approximate surface area is 138 Å². The molecule has 0 aliphatic heterocycles. The van der Waals surface area contributed by atoms with E-state index >= 15 is 0 Å². The summed E-state index contributed by atoms with van der Waals surface area (Å²) < 4.78 is 0. The molecule has 0 spiro atoms. The van der Waals surface area contributed by atoms with Crippen LogP contribution in [0, 0.1) is 11.3 Å². The van der Waals surface area contributed by atoms with E-state index in [4.69, 9.17) is 5.11 Å². The van der Waals surface area contributed by atoms with Crippen molar-refractivity contribution in [3.05, 3.63) is 35.4 Å². The van der Waals surface area contributed by atoms with Crippen LogP contribution in [0.5, 0.6) is 0 Å². The number of carboxylic acids is 1. The van der Waals surface area contributed by atoms with Crippen LogP contribution in [0.15, 0.2) is 24.3 Å². The molecule has 0 heterocycles. The molecular weight excluding hydrogens is 290 g/mol. The largest absolute Gasteiger partial charge is 0.478 e. The van der Waals surface area contributed by atoms with Crippen LogP contribution in [-0.2, 0) is 11.2 Å². The molecule has 4 nitrogen and oxygen atoms in total. The Bertz CT molecular complexity index is 561. The number of amides is 1. The van der Waals surface area contributed by atoms with E-state index in [1.165, 1.54) is 19.3 Å². The van der Waals surface area contributed by atoms with E-state index in [1.807, 2.05) is 6.07 Å². The first-order chi connectivity index (χ1) is 10.9. The molecule has 1 aromatic carbocycles. The highest BCUT2D eigenvalue weighted by molar-refractivity contribution is 5.89. The molecule has 1 aliphatic carbocycles. The standard InChI is InChI=1S/C19H27NO3/c1-14(2)12-19(10-5-11-19)13-20-17(21)9-8-15-6-3-4-7-16(15)18(22)23/h3-4,6-7,14H,5,8-13H2,1-2H3,(H,20,21)(H,22,23). The Morgan fingerprint density at radius 1 is 1.26 bits per heavy atom. The summed E-state index contributed by atoms with van der Waals surface area (Å²) in [5.74, 6) is -0.277. The van der Waals surface area contributed by atoms with Gasteiger partial charge in [-0.3, -0.25) is 4.79 Å². The lowest BCUT2D eigenvalue weighted by atomic mass is 9.64. The maximum absolute atomic E-state index is 12.1. The molecule has 0 saturated heterocycles. The van der Waals surface area contributed by atoms with Gasteiger partial charge in [0.2, 0.25) is 5.91 Å². The number of carbonyl (C=O) groups is 2. The molecule has 2 N–H and O–H groups in total. The molecule has 0 atom stereocenters. The lowest BCUT2D eigenvalue weighted by molar-refractivity contribution is -0.122. The van der Waals surface area contributed by atoms with Crippen LogP contribution in [0.3, 0.4) is 0 Å². The van der Waals surface area contributed by atoms with E-state index in [0.717, 1.165) is 18.5 Å². The third-order valence-corrected chi connectivity index (χ3v) is 4.79. The molecule has 2 rings (SSSR count). The van der Waals surface area contributed by atoms with Crippen LogP contribution in [0.1, 0.15) is 61.9 Å². The summed E-state index contributed by atoms with van der Waals surface area (Å²) in [6.45, 7) is 5.21. The van der Waals surface area contributed by atoms with Crippen molar-refractivity contribution in [2.24, 2.45) is 11.3 Å². The van der Waals surface area contributed by atoms with Gasteiger partial charge in [-0.15, -0.1) is 0 Å². The molecule has 0 unspecified atom stereocenters. The van der Waals surface area contributed by atoms with Crippen molar-refractivity contribution >= 4 is 11.9 Å². The Morgan fingerprint density at radius 2 is 1.96 bits per heavy atom. The summed E-state index contributed by atoms with van der Waals surface area (Å²) in [5, 5.41) is 12.2. The Morgan fingerprint density at radius 3 is 2.52 bits per heavy atom. The number of hydrogen-bond acceptors (Lipinski definition) is 2. The van der Waals surface area contributed by atoms with Crippen molar-refractivity contribution in [3.63, 3.8) is 0 Å². The number of hydrogen-bond donors (Lipinski definition) is 2. The molecule has 0 bridgehead atoms. The van der Waals surface area contributed by atoms with Gasteiger partial charge in [0.05, 0.1) is 5.56 Å². The highest BCUT2D eigenvalue weighted by Crippen LogP contribution is 2.45. The number of aryl methyl sites for hydroxylation is 1. The van der Waals surface area contributed by atoms with Crippen molar-refractivity contribution in [2.45, 2.75) is 52.4 Å². The summed E-state index contributed by atoms with van der Waals surface area (Å²) in [6.07, 6.45) is 5.62. The van der Waals surface area contributed by atoms with Crippen LogP contribution in [-0.4, -0.2) is 23.5 Å². The van der Waals surface area contributed by atoms with Crippen LogP contribution in [0.25, 0.3) is 0 Å². The van der Waals surface area contributed by atoms with Gasteiger partial charge in [-0.05, 0) is 48.6 Å². The van der Waals surface area contributed by atoms with Crippen molar-refractivity contribution in [2.75, 3.05) is 6.54 Å². The predicted molar refractivity (Wildman–Crippen MR) is 90.5 cm³/mol. The molecule has 1 amide bonds. The van der Waals surface area contributed by atoms with E-state index in [-0.39, 0.29) is 11.5 Å². The van der Waals surface area contributed by atoms with Crippen LogP contribution in [0.4, 0.5) is 0 Å². The average molecular weight is 317 g/mol. The number of nitrogens with one attached hydrogen (secondary N) is 1. The van der Waals surface area contributed by atoms with Crippen molar-refractivity contribution in [3.8, 4) is 0 Å². The minimum Gasteiger partial charge on any atom is -0.478 e. The Hall–Kier alpha value is -1.84. The van der Waals surface area contributed by atoms with Gasteiger partial charge < -0.3 is 10.4 Å². The molecule has 0 radical (unpaired) electrons. The third-order valence-electron chi connectivity index (χ3n) is 4.79. The van der Waals surface area contributed by atoms with Crippen molar-refractivity contribution < 1.29 is 14.7 Å². The third kappa shape index (κ3) is 4.81. The first-order valence-electron chi connectivity index (χ1n) is 8.50. The summed E-state index contributed by atoms with van der Waals surface area (Å²) in [4.78, 5) is 23.3. The zero-order chi connectivity index (χ0) is 16.9. The summed E-state index contributed by atoms with van der Waals surface area (Å²) in [7, 11) is 0. The van der Waals surface area contributed by atoms with Gasteiger partial charge in [-0.2, -0.15) is 0 Å². The minimum atomic E-state index is -0.939. The summed E-state index contributed by atoms with van der Waals surface area (Å²) in [5.41, 5.74) is 1.30. The summed E-state index contributed by atoms with van der Waals surface area (Å²) >= 11 is 0. The molecule has 1 saturated carbocycles. The topological polar surface area (TPSA) is 66.4 Å². The van der Waals surface area contributed by atoms with Crippen molar-refractivity contribution in [1.29, 1.82) is 0 Å². The maximum atomic E-state index is 12.1.